The number of hydrogen-bond donors (Lipinski definition) is 1. The van der Waals surface area contributed by atoms with Crippen LogP contribution in [0.25, 0.3) is 0 Å². The van der Waals surface area contributed by atoms with Crippen molar-refractivity contribution in [2.45, 2.75) is 64.5 Å². The lowest BCUT2D eigenvalue weighted by molar-refractivity contribution is -0.143. The first-order valence-electron chi connectivity index (χ1n) is 10.8. The normalized spacial score (nSPS) is 14.9. The van der Waals surface area contributed by atoms with E-state index in [-0.39, 0.29) is 24.5 Å². The van der Waals surface area contributed by atoms with Gasteiger partial charge in [-0.05, 0) is 38.8 Å². The van der Waals surface area contributed by atoms with E-state index in [1.54, 1.807) is 20.8 Å². The van der Waals surface area contributed by atoms with Gasteiger partial charge in [-0.3, -0.25) is 4.79 Å². The van der Waals surface area contributed by atoms with Gasteiger partial charge >= 0.3 is 12.3 Å². The third-order valence-electron chi connectivity index (χ3n) is 5.23. The molecule has 1 aliphatic rings. The molecule has 0 bridgehead atoms. The Morgan fingerprint density at radius 3 is 2.31 bits per heavy atom. The largest absolute Gasteiger partial charge is 0.444 e. The van der Waals surface area contributed by atoms with E-state index in [0.717, 1.165) is 9.47 Å². The van der Waals surface area contributed by atoms with Crippen molar-refractivity contribution in [3.8, 4) is 0 Å². The van der Waals surface area contributed by atoms with Crippen LogP contribution < -0.4 is 5.32 Å². The highest BCUT2D eigenvalue weighted by Gasteiger charge is 2.41. The van der Waals surface area contributed by atoms with Gasteiger partial charge in [0.25, 0.3) is 0 Å². The van der Waals surface area contributed by atoms with E-state index >= 15 is 0 Å². The molecule has 1 unspecified atom stereocenters. The lowest BCUT2D eigenvalue weighted by Gasteiger charge is -2.30. The molecule has 1 atom stereocenters. The van der Waals surface area contributed by atoms with E-state index in [9.17, 15) is 40.3 Å². The van der Waals surface area contributed by atoms with Crippen molar-refractivity contribution in [1.29, 1.82) is 0 Å². The van der Waals surface area contributed by atoms with Gasteiger partial charge < -0.3 is 19.5 Å². The average molecular weight is 524 g/mol. The summed E-state index contributed by atoms with van der Waals surface area (Å²) in [6.45, 7) is 3.83. The summed E-state index contributed by atoms with van der Waals surface area (Å²) in [6.07, 6.45) is -6.90. The summed E-state index contributed by atoms with van der Waals surface area (Å²) in [6, 6.07) is -0.234. The number of halogens is 7. The van der Waals surface area contributed by atoms with Crippen LogP contribution in [-0.4, -0.2) is 44.6 Å². The number of carbonyl (C=O) groups excluding carboxylic acids is 2. The Labute approximate surface area is 201 Å². The lowest BCUT2D eigenvalue weighted by atomic mass is 10.0. The van der Waals surface area contributed by atoms with Crippen molar-refractivity contribution < 1.29 is 45.1 Å². The molecule has 0 saturated carbocycles. The Bertz CT molecular complexity index is 1160. The van der Waals surface area contributed by atoms with Crippen LogP contribution in [0.2, 0.25) is 0 Å². The van der Waals surface area contributed by atoms with E-state index in [0.29, 0.717) is 12.1 Å². The van der Waals surface area contributed by atoms with Crippen molar-refractivity contribution in [2.75, 3.05) is 6.54 Å². The monoisotopic (exact) mass is 524 g/mol. The zero-order valence-electron chi connectivity index (χ0n) is 19.5. The molecule has 0 fully saturated rings. The third kappa shape index (κ3) is 6.46. The standard InChI is InChI=1S/C22H23F7N4O3/c1-21(2,3)36-20(35)30-12(6-11-7-14(24)15(25)9-13(11)23)8-17(34)32-4-5-33-16(10-32)31-18(19(33)26)22(27,28)29/h7,9,12H,4-6,8,10H2,1-3H3,(H,30,35). The molecule has 3 rings (SSSR count). The fourth-order valence-corrected chi connectivity index (χ4v) is 3.66. The second-order valence-electron chi connectivity index (χ2n) is 9.24. The maximum Gasteiger partial charge on any atom is 0.437 e. The Balaban J connectivity index is 1.79. The molecule has 1 aromatic carbocycles. The molecule has 14 heteroatoms. The highest BCUT2D eigenvalue weighted by Crippen LogP contribution is 2.32. The Hall–Kier alpha value is -3.32. The number of ether oxygens (including phenoxy) is 1. The number of alkyl halides is 3. The molecule has 0 saturated heterocycles. The summed E-state index contributed by atoms with van der Waals surface area (Å²) in [5.41, 5.74) is -2.94. The number of imidazole rings is 1. The molecule has 2 amide bonds. The van der Waals surface area contributed by atoms with Crippen LogP contribution in [0.1, 0.15) is 44.3 Å². The van der Waals surface area contributed by atoms with Crippen LogP contribution >= 0.6 is 0 Å². The first kappa shape index (κ1) is 27.3. The fraction of sp³-hybridized carbons (Fsp3) is 0.500. The quantitative estimate of drug-likeness (QED) is 0.467. The van der Waals surface area contributed by atoms with Crippen molar-refractivity contribution >= 4 is 12.0 Å². The number of aromatic nitrogens is 2. The van der Waals surface area contributed by atoms with Crippen LogP contribution in [-0.2, 0) is 35.2 Å². The number of rotatable bonds is 5. The van der Waals surface area contributed by atoms with Crippen molar-refractivity contribution in [1.82, 2.24) is 19.8 Å². The van der Waals surface area contributed by atoms with Crippen LogP contribution in [0.15, 0.2) is 12.1 Å². The van der Waals surface area contributed by atoms with Crippen LogP contribution in [0.4, 0.5) is 35.5 Å². The van der Waals surface area contributed by atoms with E-state index in [1.165, 1.54) is 0 Å². The van der Waals surface area contributed by atoms with Gasteiger partial charge in [0.2, 0.25) is 11.9 Å². The number of carbonyl (C=O) groups is 2. The molecule has 2 heterocycles. The Kier molecular flexibility index (Phi) is 7.55. The molecule has 198 valence electrons. The molecule has 0 radical (unpaired) electrons. The van der Waals surface area contributed by atoms with E-state index in [4.69, 9.17) is 4.74 Å². The minimum absolute atomic E-state index is 0.158. The van der Waals surface area contributed by atoms with Gasteiger partial charge in [-0.15, -0.1) is 0 Å². The van der Waals surface area contributed by atoms with Gasteiger partial charge in [0.1, 0.15) is 17.2 Å². The molecule has 2 aromatic rings. The van der Waals surface area contributed by atoms with Gasteiger partial charge in [-0.25, -0.2) is 22.9 Å². The van der Waals surface area contributed by atoms with Gasteiger partial charge in [0, 0.05) is 31.6 Å². The number of nitrogens with zero attached hydrogens (tertiary/aromatic N) is 3. The summed E-state index contributed by atoms with van der Waals surface area (Å²) in [5, 5.41) is 2.38. The molecule has 1 aliphatic heterocycles. The van der Waals surface area contributed by atoms with Gasteiger partial charge in [0.15, 0.2) is 17.3 Å². The number of hydrogen-bond acceptors (Lipinski definition) is 4. The number of nitrogens with one attached hydrogen (secondary N) is 1. The zero-order valence-corrected chi connectivity index (χ0v) is 19.5. The van der Waals surface area contributed by atoms with Crippen LogP contribution in [0, 0.1) is 23.4 Å². The number of benzene rings is 1. The summed E-state index contributed by atoms with van der Waals surface area (Å²) < 4.78 is 100. The second-order valence-corrected chi connectivity index (χ2v) is 9.24. The maximum atomic E-state index is 14.2. The summed E-state index contributed by atoms with van der Waals surface area (Å²) in [4.78, 5) is 29.6. The second kappa shape index (κ2) is 9.97. The highest BCUT2D eigenvalue weighted by molar-refractivity contribution is 5.78. The van der Waals surface area contributed by atoms with Crippen molar-refractivity contribution in [3.05, 3.63) is 52.6 Å². The van der Waals surface area contributed by atoms with Crippen LogP contribution in [0.5, 0.6) is 0 Å². The minimum Gasteiger partial charge on any atom is -0.444 e. The topological polar surface area (TPSA) is 76.5 Å². The van der Waals surface area contributed by atoms with Gasteiger partial charge in [0.05, 0.1) is 6.54 Å². The first-order chi connectivity index (χ1) is 16.5. The molecular weight excluding hydrogens is 501 g/mol. The maximum absolute atomic E-state index is 14.2. The van der Waals surface area contributed by atoms with Crippen LogP contribution in [0.3, 0.4) is 0 Å². The molecular formula is C22H23F7N4O3. The molecule has 1 aromatic heterocycles. The predicted octanol–water partition coefficient (Wildman–Crippen LogP) is 4.33. The number of alkyl carbamates (subject to hydrolysis) is 1. The highest BCUT2D eigenvalue weighted by atomic mass is 19.4. The minimum atomic E-state index is -5.01. The van der Waals surface area contributed by atoms with Crippen molar-refractivity contribution in [3.63, 3.8) is 0 Å². The first-order valence-corrected chi connectivity index (χ1v) is 10.8. The Morgan fingerprint density at radius 1 is 1.06 bits per heavy atom. The molecule has 0 spiro atoms. The van der Waals surface area contributed by atoms with Crippen molar-refractivity contribution in [2.24, 2.45) is 0 Å². The predicted molar refractivity (Wildman–Crippen MR) is 110 cm³/mol. The van der Waals surface area contributed by atoms with Gasteiger partial charge in [-0.2, -0.15) is 17.6 Å². The smallest absolute Gasteiger partial charge is 0.437 e. The molecule has 1 N–H and O–H groups in total. The zero-order chi connectivity index (χ0) is 27.0. The summed E-state index contributed by atoms with van der Waals surface area (Å²) in [7, 11) is 0. The summed E-state index contributed by atoms with van der Waals surface area (Å²) >= 11 is 0. The van der Waals surface area contributed by atoms with E-state index in [1.807, 2.05) is 0 Å². The Morgan fingerprint density at radius 2 is 1.69 bits per heavy atom. The fourth-order valence-electron chi connectivity index (χ4n) is 3.66. The third-order valence-corrected chi connectivity index (χ3v) is 5.23. The number of fused-ring (bicyclic) bond motifs is 1. The van der Waals surface area contributed by atoms with E-state index < -0.39 is 78.3 Å². The molecule has 36 heavy (non-hydrogen) atoms. The van der Waals surface area contributed by atoms with Gasteiger partial charge in [-0.1, -0.05) is 0 Å². The molecule has 7 nitrogen and oxygen atoms in total. The lowest BCUT2D eigenvalue weighted by Crippen LogP contribution is -2.45. The SMILES string of the molecule is CC(C)(C)OC(=O)NC(CC(=O)N1CCn2c(nc(C(F)(F)F)c2F)C1)Cc1cc(F)c(F)cc1F. The number of amides is 2. The summed E-state index contributed by atoms with van der Waals surface area (Å²) in [5.74, 6) is -6.40. The average Bonchev–Trinajstić information content (AvgIpc) is 3.07. The van der Waals surface area contributed by atoms with E-state index in [2.05, 4.69) is 10.3 Å². The molecule has 0 aliphatic carbocycles.